The van der Waals surface area contributed by atoms with Crippen molar-refractivity contribution in [1.82, 2.24) is 5.32 Å². The Labute approximate surface area is 128 Å². The fourth-order valence-corrected chi connectivity index (χ4v) is 2.74. The number of amides is 2. The molecule has 2 atom stereocenters. The molecule has 1 aromatic carbocycles. The van der Waals surface area contributed by atoms with Crippen LogP contribution in [0.1, 0.15) is 38.7 Å². The van der Waals surface area contributed by atoms with Crippen LogP contribution in [0.15, 0.2) is 28.7 Å². The number of primary amides is 1. The minimum absolute atomic E-state index is 0.0183. The van der Waals surface area contributed by atoms with Crippen LogP contribution in [0.5, 0.6) is 0 Å². The molecule has 0 heterocycles. The van der Waals surface area contributed by atoms with E-state index in [0.29, 0.717) is 6.42 Å². The van der Waals surface area contributed by atoms with Crippen molar-refractivity contribution in [1.29, 1.82) is 0 Å². The summed E-state index contributed by atoms with van der Waals surface area (Å²) in [4.78, 5) is 23.3. The molecule has 0 aromatic heterocycles. The van der Waals surface area contributed by atoms with E-state index in [0.717, 1.165) is 10.0 Å². The number of rotatable bonds is 6. The number of carbonyl (C=O) groups is 2. The molecule has 0 unspecified atom stereocenters. The summed E-state index contributed by atoms with van der Waals surface area (Å²) in [5.74, 6) is -0.617. The number of carbonyl (C=O) groups excluding carboxylic acids is 2. The van der Waals surface area contributed by atoms with Gasteiger partial charge in [-0.15, -0.1) is 0 Å². The Bertz CT molecular complexity index is 489. The van der Waals surface area contributed by atoms with Crippen molar-refractivity contribution < 1.29 is 9.59 Å². The molecule has 0 bridgehead atoms. The molecule has 0 aliphatic carbocycles. The second-order valence-corrected chi connectivity index (χ2v) is 6.17. The van der Waals surface area contributed by atoms with Gasteiger partial charge in [-0.25, -0.2) is 0 Å². The number of hydrogen-bond donors (Lipinski definition) is 2. The van der Waals surface area contributed by atoms with E-state index in [1.54, 1.807) is 0 Å². The van der Waals surface area contributed by atoms with Crippen LogP contribution in [0.3, 0.4) is 0 Å². The van der Waals surface area contributed by atoms with Crippen molar-refractivity contribution in [3.05, 3.63) is 34.3 Å². The van der Waals surface area contributed by atoms with E-state index in [9.17, 15) is 9.59 Å². The highest BCUT2D eigenvalue weighted by Gasteiger charge is 2.23. The van der Waals surface area contributed by atoms with E-state index in [2.05, 4.69) is 21.2 Å². The normalized spacial score (nSPS) is 13.8. The molecule has 110 valence electrons. The minimum atomic E-state index is -0.617. The lowest BCUT2D eigenvalue weighted by Gasteiger charge is -2.20. The molecule has 0 saturated carbocycles. The van der Waals surface area contributed by atoms with Crippen LogP contribution in [0.2, 0.25) is 0 Å². The van der Waals surface area contributed by atoms with Crippen LogP contribution in [0.4, 0.5) is 0 Å². The van der Waals surface area contributed by atoms with Gasteiger partial charge < -0.3 is 11.1 Å². The molecule has 0 aliphatic heterocycles. The SMILES string of the molecule is CC(C)[C@H](NC(=O)C[C@@H](C)c1ccccc1Br)C(N)=O. The maximum absolute atomic E-state index is 12.0. The van der Waals surface area contributed by atoms with Gasteiger partial charge in [0.2, 0.25) is 11.8 Å². The smallest absolute Gasteiger partial charge is 0.240 e. The molecular weight excluding hydrogens is 320 g/mol. The lowest BCUT2D eigenvalue weighted by molar-refractivity contribution is -0.128. The Balaban J connectivity index is 2.67. The number of hydrogen-bond acceptors (Lipinski definition) is 2. The van der Waals surface area contributed by atoms with Gasteiger partial charge in [0, 0.05) is 10.9 Å². The van der Waals surface area contributed by atoms with Gasteiger partial charge in [0.25, 0.3) is 0 Å². The van der Waals surface area contributed by atoms with Crippen molar-refractivity contribution in [3.8, 4) is 0 Å². The molecule has 3 N–H and O–H groups in total. The van der Waals surface area contributed by atoms with Gasteiger partial charge >= 0.3 is 0 Å². The summed E-state index contributed by atoms with van der Waals surface area (Å²) in [6.07, 6.45) is 0.319. The fraction of sp³-hybridized carbons (Fsp3) is 0.467. The summed E-state index contributed by atoms with van der Waals surface area (Å²) in [5, 5.41) is 2.71. The van der Waals surface area contributed by atoms with E-state index >= 15 is 0 Å². The Morgan fingerprint density at radius 2 is 1.85 bits per heavy atom. The number of benzene rings is 1. The topological polar surface area (TPSA) is 72.2 Å². The van der Waals surface area contributed by atoms with Crippen LogP contribution >= 0.6 is 15.9 Å². The molecule has 20 heavy (non-hydrogen) atoms. The first-order valence-corrected chi connectivity index (χ1v) is 7.45. The van der Waals surface area contributed by atoms with Crippen molar-refractivity contribution in [3.63, 3.8) is 0 Å². The predicted molar refractivity (Wildman–Crippen MR) is 83.1 cm³/mol. The molecule has 0 saturated heterocycles. The third kappa shape index (κ3) is 4.63. The highest BCUT2D eigenvalue weighted by atomic mass is 79.9. The Morgan fingerprint density at radius 3 is 2.35 bits per heavy atom. The highest BCUT2D eigenvalue weighted by molar-refractivity contribution is 9.10. The lowest BCUT2D eigenvalue weighted by Crippen LogP contribution is -2.47. The lowest BCUT2D eigenvalue weighted by atomic mass is 9.96. The predicted octanol–water partition coefficient (Wildman–Crippen LogP) is 2.57. The van der Waals surface area contributed by atoms with Crippen LogP contribution in [0, 0.1) is 5.92 Å². The third-order valence-corrected chi connectivity index (χ3v) is 3.94. The van der Waals surface area contributed by atoms with Crippen molar-refractivity contribution >= 4 is 27.7 Å². The molecule has 4 nitrogen and oxygen atoms in total. The third-order valence-electron chi connectivity index (χ3n) is 3.22. The molecule has 0 fully saturated rings. The number of nitrogens with two attached hydrogens (primary N) is 1. The molecule has 1 rings (SSSR count). The summed E-state index contributed by atoms with van der Waals surface area (Å²) in [7, 11) is 0. The molecule has 0 radical (unpaired) electrons. The zero-order valence-electron chi connectivity index (χ0n) is 12.0. The van der Waals surface area contributed by atoms with Crippen molar-refractivity contribution in [2.24, 2.45) is 11.7 Å². The summed E-state index contributed by atoms with van der Waals surface area (Å²) in [5.41, 5.74) is 6.36. The average molecular weight is 341 g/mol. The monoisotopic (exact) mass is 340 g/mol. The van der Waals surface area contributed by atoms with E-state index in [1.165, 1.54) is 0 Å². The number of halogens is 1. The molecule has 0 spiro atoms. The van der Waals surface area contributed by atoms with Crippen molar-refractivity contribution in [2.75, 3.05) is 0 Å². The Morgan fingerprint density at radius 1 is 1.25 bits per heavy atom. The standard InChI is InChI=1S/C15H21BrN2O2/c1-9(2)14(15(17)20)18-13(19)8-10(3)11-6-4-5-7-12(11)16/h4-7,9-10,14H,8H2,1-3H3,(H2,17,20)(H,18,19)/t10-,14+/m1/s1. The first kappa shape index (κ1) is 16.7. The van der Waals surface area contributed by atoms with Gasteiger partial charge in [0.05, 0.1) is 0 Å². The summed E-state index contributed by atoms with van der Waals surface area (Å²) >= 11 is 3.48. The minimum Gasteiger partial charge on any atom is -0.368 e. The largest absolute Gasteiger partial charge is 0.368 e. The van der Waals surface area contributed by atoms with Crippen LogP contribution in [-0.2, 0) is 9.59 Å². The second-order valence-electron chi connectivity index (χ2n) is 5.32. The van der Waals surface area contributed by atoms with Gasteiger partial charge in [0.1, 0.15) is 6.04 Å². The highest BCUT2D eigenvalue weighted by Crippen LogP contribution is 2.26. The average Bonchev–Trinajstić information content (AvgIpc) is 2.35. The zero-order valence-corrected chi connectivity index (χ0v) is 13.6. The van der Waals surface area contributed by atoms with E-state index in [1.807, 2.05) is 45.0 Å². The Hall–Kier alpha value is -1.36. The molecule has 1 aromatic rings. The summed E-state index contributed by atoms with van der Waals surface area (Å²) in [6, 6.07) is 7.19. The van der Waals surface area contributed by atoms with E-state index in [4.69, 9.17) is 5.73 Å². The van der Waals surface area contributed by atoms with Gasteiger partial charge in [-0.05, 0) is 23.5 Å². The maximum atomic E-state index is 12.0. The van der Waals surface area contributed by atoms with Gasteiger partial charge in [-0.1, -0.05) is 54.9 Å². The summed E-state index contributed by atoms with van der Waals surface area (Å²) in [6.45, 7) is 5.69. The Kier molecular flexibility index (Phi) is 6.20. The second kappa shape index (κ2) is 7.43. The first-order valence-electron chi connectivity index (χ1n) is 6.66. The van der Waals surface area contributed by atoms with Gasteiger partial charge in [-0.2, -0.15) is 0 Å². The molecule has 2 amide bonds. The van der Waals surface area contributed by atoms with Crippen molar-refractivity contribution in [2.45, 2.75) is 39.2 Å². The summed E-state index contributed by atoms with van der Waals surface area (Å²) < 4.78 is 0.982. The maximum Gasteiger partial charge on any atom is 0.240 e. The molecule has 5 heteroatoms. The zero-order chi connectivity index (χ0) is 15.3. The van der Waals surface area contributed by atoms with Crippen LogP contribution in [-0.4, -0.2) is 17.9 Å². The van der Waals surface area contributed by atoms with Crippen LogP contribution < -0.4 is 11.1 Å². The van der Waals surface area contributed by atoms with Gasteiger partial charge in [-0.3, -0.25) is 9.59 Å². The van der Waals surface area contributed by atoms with Crippen LogP contribution in [0.25, 0.3) is 0 Å². The van der Waals surface area contributed by atoms with E-state index < -0.39 is 11.9 Å². The molecule has 0 aliphatic rings. The number of nitrogens with one attached hydrogen (secondary N) is 1. The first-order chi connectivity index (χ1) is 9.32. The molecular formula is C15H21BrN2O2. The quantitative estimate of drug-likeness (QED) is 0.835. The van der Waals surface area contributed by atoms with Gasteiger partial charge in [0.15, 0.2) is 0 Å². The fourth-order valence-electron chi connectivity index (χ4n) is 2.06. The van der Waals surface area contributed by atoms with E-state index in [-0.39, 0.29) is 17.7 Å².